The number of nitrogens with zero attached hydrogens (tertiary/aromatic N) is 1. The summed E-state index contributed by atoms with van der Waals surface area (Å²) in [4.78, 5) is 22.9. The number of nitrogens with one attached hydrogen (secondary N) is 3. The Morgan fingerprint density at radius 3 is 2.31 bits per heavy atom. The van der Waals surface area contributed by atoms with Crippen LogP contribution in [-0.4, -0.2) is 63.9 Å². The molecule has 1 aliphatic rings. The first-order valence-corrected chi connectivity index (χ1v) is 9.55. The van der Waals surface area contributed by atoms with Crippen LogP contribution in [0.1, 0.15) is 6.92 Å². The molecule has 26 heavy (non-hydrogen) atoms. The molecule has 0 unspecified atom stereocenters. The van der Waals surface area contributed by atoms with Gasteiger partial charge in [-0.05, 0) is 19.1 Å². The van der Waals surface area contributed by atoms with Crippen LogP contribution in [0.4, 0.5) is 13.6 Å². The lowest BCUT2D eigenvalue weighted by molar-refractivity contribution is -0.895. The lowest BCUT2D eigenvalue weighted by Crippen LogP contribution is -3.15. The summed E-state index contributed by atoms with van der Waals surface area (Å²) in [6.07, 6.45) is 0. The Bertz CT molecular complexity index is 760. The van der Waals surface area contributed by atoms with Crippen molar-refractivity contribution in [2.75, 3.05) is 39.3 Å². The van der Waals surface area contributed by atoms with Crippen LogP contribution in [0.15, 0.2) is 23.1 Å². The van der Waals surface area contributed by atoms with Crippen LogP contribution in [0, 0.1) is 11.6 Å². The van der Waals surface area contributed by atoms with Crippen LogP contribution < -0.4 is 15.5 Å². The molecular weight excluding hydrogens is 370 g/mol. The fraction of sp³-hybridized carbons (Fsp3) is 0.467. The normalized spacial score (nSPS) is 16.3. The molecule has 11 heteroatoms. The van der Waals surface area contributed by atoms with Crippen molar-refractivity contribution in [3.05, 3.63) is 29.8 Å². The van der Waals surface area contributed by atoms with Gasteiger partial charge < -0.3 is 10.2 Å². The predicted octanol–water partition coefficient (Wildman–Crippen LogP) is -1.30. The number of carbonyl (C=O) groups is 2. The molecule has 3 N–H and O–H groups in total. The third-order valence-electron chi connectivity index (χ3n) is 3.95. The minimum absolute atomic E-state index is 0.000912. The van der Waals surface area contributed by atoms with Crippen LogP contribution >= 0.6 is 0 Å². The molecule has 1 aliphatic heterocycles. The molecule has 1 heterocycles. The predicted molar refractivity (Wildman–Crippen MR) is 87.9 cm³/mol. The van der Waals surface area contributed by atoms with E-state index in [4.69, 9.17) is 0 Å². The molecule has 0 spiro atoms. The summed E-state index contributed by atoms with van der Waals surface area (Å²) < 4.78 is 53.5. The second kappa shape index (κ2) is 8.52. The first kappa shape index (κ1) is 20.2. The molecule has 0 saturated carbocycles. The minimum atomic E-state index is -4.30. The molecule has 8 nitrogen and oxygen atoms in total. The third-order valence-corrected chi connectivity index (χ3v) is 5.90. The summed E-state index contributed by atoms with van der Waals surface area (Å²) in [5.74, 6) is -2.76. The summed E-state index contributed by atoms with van der Waals surface area (Å²) in [6.45, 7) is 2.68. The van der Waals surface area contributed by atoms with Gasteiger partial charge in [0.25, 0.3) is 5.91 Å². The largest absolute Gasteiger partial charge is 0.338 e. The zero-order valence-electron chi connectivity index (χ0n) is 14.2. The molecular formula is C15H21F2N4O4S+. The number of hydrogen-bond donors (Lipinski definition) is 3. The molecule has 1 aromatic carbocycles. The van der Waals surface area contributed by atoms with E-state index in [0.29, 0.717) is 6.54 Å². The average Bonchev–Trinajstić information content (AvgIpc) is 2.55. The molecule has 0 atom stereocenters. The van der Waals surface area contributed by atoms with Crippen molar-refractivity contribution in [1.82, 2.24) is 14.9 Å². The van der Waals surface area contributed by atoms with Gasteiger partial charge in [-0.2, -0.15) is 4.31 Å². The Labute approximate surface area is 150 Å². The number of rotatable bonds is 5. The highest BCUT2D eigenvalue weighted by atomic mass is 32.2. The van der Waals surface area contributed by atoms with Crippen molar-refractivity contribution >= 4 is 22.0 Å². The monoisotopic (exact) mass is 391 g/mol. The second-order valence-electron chi connectivity index (χ2n) is 5.79. The molecule has 0 radical (unpaired) electrons. The maximum Gasteiger partial charge on any atom is 0.321 e. The highest BCUT2D eigenvalue weighted by molar-refractivity contribution is 7.89. The zero-order valence-corrected chi connectivity index (χ0v) is 15.0. The molecule has 2 rings (SSSR count). The van der Waals surface area contributed by atoms with E-state index in [1.165, 1.54) is 0 Å². The minimum Gasteiger partial charge on any atom is -0.338 e. The Kier molecular flexibility index (Phi) is 6.62. The Morgan fingerprint density at radius 1 is 1.19 bits per heavy atom. The zero-order chi connectivity index (χ0) is 19.3. The van der Waals surface area contributed by atoms with Crippen molar-refractivity contribution in [2.24, 2.45) is 0 Å². The van der Waals surface area contributed by atoms with Gasteiger partial charge in [-0.15, -0.1) is 0 Å². The van der Waals surface area contributed by atoms with Gasteiger partial charge in [-0.25, -0.2) is 22.0 Å². The second-order valence-corrected chi connectivity index (χ2v) is 7.66. The quantitative estimate of drug-likeness (QED) is 0.581. The summed E-state index contributed by atoms with van der Waals surface area (Å²) in [7, 11) is -4.30. The van der Waals surface area contributed by atoms with E-state index >= 15 is 0 Å². The number of quaternary nitrogens is 1. The fourth-order valence-corrected chi connectivity index (χ4v) is 4.23. The molecule has 144 valence electrons. The molecule has 1 saturated heterocycles. The van der Waals surface area contributed by atoms with Crippen LogP contribution in [-0.2, 0) is 14.8 Å². The fourth-order valence-electron chi connectivity index (χ4n) is 2.68. The average molecular weight is 391 g/mol. The van der Waals surface area contributed by atoms with Gasteiger partial charge in [0.15, 0.2) is 11.4 Å². The van der Waals surface area contributed by atoms with Gasteiger partial charge in [-0.1, -0.05) is 6.07 Å². The van der Waals surface area contributed by atoms with Crippen molar-refractivity contribution < 1.29 is 31.7 Å². The van der Waals surface area contributed by atoms with E-state index in [2.05, 4.69) is 10.6 Å². The number of carbonyl (C=O) groups excluding carboxylic acids is 2. The van der Waals surface area contributed by atoms with E-state index in [-0.39, 0.29) is 32.7 Å². The van der Waals surface area contributed by atoms with Gasteiger partial charge in [0.05, 0.1) is 26.2 Å². The summed E-state index contributed by atoms with van der Waals surface area (Å²) in [5, 5.41) is 4.60. The number of amides is 3. The first-order valence-electron chi connectivity index (χ1n) is 8.11. The number of urea groups is 1. The SMILES string of the molecule is CCNC(=O)NC(=O)C[NH+]1CCN(S(=O)(=O)c2c(F)cccc2F)CC1. The van der Waals surface area contributed by atoms with Crippen molar-refractivity contribution in [3.8, 4) is 0 Å². The van der Waals surface area contributed by atoms with E-state index in [1.54, 1.807) is 6.92 Å². The number of halogens is 2. The Balaban J connectivity index is 1.96. The van der Waals surface area contributed by atoms with E-state index in [0.717, 1.165) is 27.4 Å². The van der Waals surface area contributed by atoms with E-state index < -0.39 is 38.5 Å². The summed E-state index contributed by atoms with van der Waals surface area (Å²) >= 11 is 0. The molecule has 1 aromatic rings. The van der Waals surface area contributed by atoms with Crippen molar-refractivity contribution in [1.29, 1.82) is 0 Å². The number of imide groups is 1. The van der Waals surface area contributed by atoms with Gasteiger partial charge in [-0.3, -0.25) is 10.1 Å². The van der Waals surface area contributed by atoms with Crippen molar-refractivity contribution in [3.63, 3.8) is 0 Å². The third kappa shape index (κ3) is 4.74. The van der Waals surface area contributed by atoms with Gasteiger partial charge in [0.1, 0.15) is 11.6 Å². The van der Waals surface area contributed by atoms with E-state index in [1.807, 2.05) is 0 Å². The van der Waals surface area contributed by atoms with E-state index in [9.17, 15) is 26.8 Å². The topological polar surface area (TPSA) is 100 Å². The smallest absolute Gasteiger partial charge is 0.321 e. The lowest BCUT2D eigenvalue weighted by atomic mass is 10.3. The van der Waals surface area contributed by atoms with Crippen molar-refractivity contribution in [2.45, 2.75) is 11.8 Å². The van der Waals surface area contributed by atoms with Gasteiger partial charge in [0.2, 0.25) is 10.0 Å². The molecule has 0 bridgehead atoms. The number of benzene rings is 1. The number of sulfonamides is 1. The summed E-state index contributed by atoms with van der Waals surface area (Å²) in [6, 6.07) is 2.29. The molecule has 3 amide bonds. The van der Waals surface area contributed by atoms with Crippen LogP contribution in [0.5, 0.6) is 0 Å². The maximum absolute atomic E-state index is 13.8. The Morgan fingerprint density at radius 2 is 1.77 bits per heavy atom. The lowest BCUT2D eigenvalue weighted by Gasteiger charge is -2.31. The maximum atomic E-state index is 13.8. The molecule has 1 fully saturated rings. The summed E-state index contributed by atoms with van der Waals surface area (Å²) in [5.41, 5.74) is 0. The highest BCUT2D eigenvalue weighted by Gasteiger charge is 2.34. The number of piperazine rings is 1. The Hall–Kier alpha value is -2.11. The van der Waals surface area contributed by atoms with Crippen LogP contribution in [0.3, 0.4) is 0 Å². The van der Waals surface area contributed by atoms with Crippen LogP contribution in [0.2, 0.25) is 0 Å². The molecule has 0 aromatic heterocycles. The van der Waals surface area contributed by atoms with Gasteiger partial charge >= 0.3 is 6.03 Å². The first-order chi connectivity index (χ1) is 12.3. The van der Waals surface area contributed by atoms with Gasteiger partial charge in [0, 0.05) is 6.54 Å². The molecule has 0 aliphatic carbocycles. The highest BCUT2D eigenvalue weighted by Crippen LogP contribution is 2.22. The standard InChI is InChI=1S/C15H20F2N4O4S/c1-2-18-15(23)19-13(22)10-20-6-8-21(9-7-20)26(24,25)14-11(16)4-3-5-12(14)17/h3-5H,2,6-10H2,1H3,(H2,18,19,22,23)/p+1. The van der Waals surface area contributed by atoms with Crippen LogP contribution in [0.25, 0.3) is 0 Å². The number of hydrogen-bond acceptors (Lipinski definition) is 4.